The summed E-state index contributed by atoms with van der Waals surface area (Å²) in [7, 11) is -7.55. The molecule has 0 amide bonds. The Morgan fingerprint density at radius 2 is 0.818 bits per heavy atom. The van der Waals surface area contributed by atoms with Gasteiger partial charge in [-0.05, 0) is 72.8 Å². The second-order valence-corrected chi connectivity index (χ2v) is 11.6. The van der Waals surface area contributed by atoms with Crippen LogP contribution in [0.5, 0.6) is 11.5 Å². The van der Waals surface area contributed by atoms with Crippen molar-refractivity contribution in [2.75, 3.05) is 0 Å². The zero-order chi connectivity index (χ0) is 23.6. The minimum absolute atomic E-state index is 0.0238. The molecule has 0 atom stereocenters. The molecule has 0 aliphatic heterocycles. The lowest BCUT2D eigenvalue weighted by atomic mass is 10.3. The Hall–Kier alpha value is -2.84. The lowest BCUT2D eigenvalue weighted by Crippen LogP contribution is -2.03. The number of hydrogen-bond donors (Lipinski definition) is 0. The molecule has 9 heteroatoms. The molecule has 5 nitrogen and oxygen atoms in total. The second-order valence-electron chi connectivity index (χ2n) is 6.91. The molecule has 0 fully saturated rings. The summed E-state index contributed by atoms with van der Waals surface area (Å²) in [5.74, 6) is 0.768. The first-order valence-electron chi connectivity index (χ1n) is 9.57. The van der Waals surface area contributed by atoms with Gasteiger partial charge in [0.05, 0.1) is 29.6 Å². The van der Waals surface area contributed by atoms with E-state index in [0.29, 0.717) is 11.5 Å². The van der Waals surface area contributed by atoms with Gasteiger partial charge in [-0.3, -0.25) is 0 Å². The Labute approximate surface area is 202 Å². The Morgan fingerprint density at radius 3 is 1.15 bits per heavy atom. The van der Waals surface area contributed by atoms with E-state index in [2.05, 4.69) is 0 Å². The fourth-order valence-electron chi connectivity index (χ4n) is 3.09. The zero-order valence-electron chi connectivity index (χ0n) is 16.9. The molecule has 0 aliphatic rings. The number of halogens is 2. The summed E-state index contributed by atoms with van der Waals surface area (Å²) in [6, 6.07) is 24.2. The van der Waals surface area contributed by atoms with Gasteiger partial charge in [0.1, 0.15) is 11.5 Å². The molecular formula is C24H16Cl2O5S2. The van der Waals surface area contributed by atoms with Gasteiger partial charge in [0, 0.05) is 0 Å². The molecule has 33 heavy (non-hydrogen) atoms. The van der Waals surface area contributed by atoms with Crippen LogP contribution in [-0.2, 0) is 19.7 Å². The van der Waals surface area contributed by atoms with E-state index < -0.39 is 19.7 Å². The molecule has 0 unspecified atom stereocenters. The molecule has 0 aliphatic carbocycles. The molecule has 0 N–H and O–H groups in total. The Bertz CT molecular complexity index is 1400. The summed E-state index contributed by atoms with van der Waals surface area (Å²) in [6.07, 6.45) is 0. The van der Waals surface area contributed by atoms with Gasteiger partial charge in [-0.2, -0.15) is 0 Å². The lowest BCUT2D eigenvalue weighted by Gasteiger charge is -2.10. The summed E-state index contributed by atoms with van der Waals surface area (Å²) in [5, 5.41) is 0.286. The summed E-state index contributed by atoms with van der Waals surface area (Å²) < 4.78 is 57.0. The van der Waals surface area contributed by atoms with E-state index in [9.17, 15) is 16.8 Å². The average Bonchev–Trinajstić information content (AvgIpc) is 2.80. The van der Waals surface area contributed by atoms with Crippen LogP contribution in [0.2, 0.25) is 10.0 Å². The van der Waals surface area contributed by atoms with Crippen LogP contribution in [0, 0.1) is 0 Å². The molecule has 4 aromatic carbocycles. The predicted octanol–water partition coefficient (Wildman–Crippen LogP) is 6.45. The summed E-state index contributed by atoms with van der Waals surface area (Å²) in [6.45, 7) is 0. The Balaban J connectivity index is 1.54. The number of sulfone groups is 2. The van der Waals surface area contributed by atoms with E-state index >= 15 is 0 Å². The van der Waals surface area contributed by atoms with E-state index in [1.165, 1.54) is 72.8 Å². The van der Waals surface area contributed by atoms with Gasteiger partial charge in [-0.1, -0.05) is 47.5 Å². The van der Waals surface area contributed by atoms with Crippen LogP contribution in [0.1, 0.15) is 0 Å². The summed E-state index contributed by atoms with van der Waals surface area (Å²) in [4.78, 5) is 0.194. The first-order valence-corrected chi connectivity index (χ1v) is 13.3. The normalized spacial score (nSPS) is 11.8. The number of rotatable bonds is 6. The average molecular weight is 519 g/mol. The first kappa shape index (κ1) is 23.3. The van der Waals surface area contributed by atoms with Crippen molar-refractivity contribution >= 4 is 42.9 Å². The zero-order valence-corrected chi connectivity index (χ0v) is 20.0. The van der Waals surface area contributed by atoms with Crippen LogP contribution in [-0.4, -0.2) is 16.8 Å². The van der Waals surface area contributed by atoms with E-state index in [4.69, 9.17) is 27.9 Å². The van der Waals surface area contributed by atoms with Gasteiger partial charge in [0.2, 0.25) is 19.7 Å². The molecule has 0 aromatic heterocycles. The van der Waals surface area contributed by atoms with Crippen LogP contribution in [0.3, 0.4) is 0 Å². The molecule has 168 valence electrons. The van der Waals surface area contributed by atoms with Crippen LogP contribution >= 0.6 is 23.2 Å². The molecule has 0 heterocycles. The minimum Gasteiger partial charge on any atom is -0.457 e. The summed E-state index contributed by atoms with van der Waals surface area (Å²) >= 11 is 12.1. The van der Waals surface area contributed by atoms with E-state index in [1.54, 1.807) is 24.3 Å². The van der Waals surface area contributed by atoms with Crippen LogP contribution < -0.4 is 4.74 Å². The lowest BCUT2D eigenvalue weighted by molar-refractivity contribution is 0.481. The third-order valence-electron chi connectivity index (χ3n) is 4.76. The van der Waals surface area contributed by atoms with Crippen LogP contribution in [0.15, 0.2) is 117 Å². The highest BCUT2D eigenvalue weighted by atomic mass is 35.5. The molecule has 0 saturated heterocycles. The fraction of sp³-hybridized carbons (Fsp3) is 0. The van der Waals surface area contributed by atoms with Gasteiger partial charge in [0.15, 0.2) is 0 Å². The number of hydrogen-bond acceptors (Lipinski definition) is 5. The maximum absolute atomic E-state index is 12.8. The van der Waals surface area contributed by atoms with Crippen molar-refractivity contribution in [1.82, 2.24) is 0 Å². The first-order chi connectivity index (χ1) is 15.7. The highest BCUT2D eigenvalue weighted by molar-refractivity contribution is 7.92. The van der Waals surface area contributed by atoms with Crippen LogP contribution in [0.4, 0.5) is 0 Å². The smallest absolute Gasteiger partial charge is 0.208 e. The van der Waals surface area contributed by atoms with Gasteiger partial charge in [0.25, 0.3) is 0 Å². The van der Waals surface area contributed by atoms with E-state index in [0.717, 1.165) is 0 Å². The topological polar surface area (TPSA) is 77.5 Å². The fourth-order valence-corrected chi connectivity index (χ4v) is 6.63. The molecule has 0 saturated carbocycles. The quantitative estimate of drug-likeness (QED) is 0.293. The maximum atomic E-state index is 12.8. The third-order valence-corrected chi connectivity index (χ3v) is 9.29. The Morgan fingerprint density at radius 1 is 0.485 bits per heavy atom. The number of ether oxygens (including phenoxy) is 1. The predicted molar refractivity (Wildman–Crippen MR) is 127 cm³/mol. The summed E-state index contributed by atoms with van der Waals surface area (Å²) in [5.41, 5.74) is 0. The molecule has 0 spiro atoms. The number of benzene rings is 4. The minimum atomic E-state index is -3.78. The van der Waals surface area contributed by atoms with Crippen molar-refractivity contribution in [1.29, 1.82) is 0 Å². The highest BCUT2D eigenvalue weighted by Crippen LogP contribution is 2.31. The van der Waals surface area contributed by atoms with Crippen molar-refractivity contribution in [2.45, 2.75) is 19.6 Å². The maximum Gasteiger partial charge on any atom is 0.208 e. The largest absolute Gasteiger partial charge is 0.457 e. The van der Waals surface area contributed by atoms with Crippen molar-refractivity contribution in [3.63, 3.8) is 0 Å². The molecule has 4 aromatic rings. The van der Waals surface area contributed by atoms with E-state index in [1.807, 2.05) is 0 Å². The van der Waals surface area contributed by atoms with Gasteiger partial charge < -0.3 is 4.74 Å². The molecule has 0 bridgehead atoms. The third kappa shape index (κ3) is 4.77. The standard InChI is InChI=1S/C24H16Cl2O5S2/c25-21-5-1-3-7-23(21)32(27,28)19-13-9-17(10-14-19)31-18-11-15-20(16-12-18)33(29,30)24-8-4-2-6-22(24)26/h1-16H. The van der Waals surface area contributed by atoms with Gasteiger partial charge >= 0.3 is 0 Å². The van der Waals surface area contributed by atoms with Crippen molar-refractivity contribution < 1.29 is 21.6 Å². The molecular weight excluding hydrogens is 503 g/mol. The second kappa shape index (κ2) is 9.19. The van der Waals surface area contributed by atoms with Crippen molar-refractivity contribution in [3.05, 3.63) is 107 Å². The highest BCUT2D eigenvalue weighted by Gasteiger charge is 2.21. The van der Waals surface area contributed by atoms with Gasteiger partial charge in [-0.15, -0.1) is 0 Å². The van der Waals surface area contributed by atoms with Crippen LogP contribution in [0.25, 0.3) is 0 Å². The monoisotopic (exact) mass is 518 g/mol. The van der Waals surface area contributed by atoms with Gasteiger partial charge in [-0.25, -0.2) is 16.8 Å². The van der Waals surface area contributed by atoms with E-state index in [-0.39, 0.29) is 29.6 Å². The Kier molecular flexibility index (Phi) is 6.50. The SMILES string of the molecule is O=S(=O)(c1ccc(Oc2ccc(S(=O)(=O)c3ccccc3Cl)cc2)cc1)c1ccccc1Cl. The molecule has 4 rings (SSSR count). The van der Waals surface area contributed by atoms with Crippen molar-refractivity contribution in [2.24, 2.45) is 0 Å². The molecule has 0 radical (unpaired) electrons. The van der Waals surface area contributed by atoms with Crippen molar-refractivity contribution in [3.8, 4) is 11.5 Å².